The predicted molar refractivity (Wildman–Crippen MR) is 139 cm³/mol. The lowest BCUT2D eigenvalue weighted by atomic mass is 9.93. The first-order valence-corrected chi connectivity index (χ1v) is 12.9. The van der Waals surface area contributed by atoms with Gasteiger partial charge >= 0.3 is 5.97 Å². The van der Waals surface area contributed by atoms with E-state index < -0.39 is 12.0 Å². The number of benzene rings is 2. The van der Waals surface area contributed by atoms with E-state index in [0.717, 1.165) is 43.0 Å². The fourth-order valence-electron chi connectivity index (χ4n) is 5.02. The number of rotatable bonds is 10. The number of carbonyl (C=O) groups excluding carboxylic acids is 2. The van der Waals surface area contributed by atoms with Gasteiger partial charge in [0, 0.05) is 30.9 Å². The molecule has 0 bridgehead atoms. The molecular formula is C28H36N4O4. The number of hydrogen-bond acceptors (Lipinski definition) is 5. The maximum absolute atomic E-state index is 13.2. The number of carboxylic acids is 1. The molecular weight excluding hydrogens is 456 g/mol. The van der Waals surface area contributed by atoms with Gasteiger partial charge in [0.25, 0.3) is 5.91 Å². The monoisotopic (exact) mass is 492 g/mol. The molecule has 0 saturated carbocycles. The second-order valence-electron chi connectivity index (χ2n) is 9.75. The Morgan fingerprint density at radius 2 is 1.86 bits per heavy atom. The van der Waals surface area contributed by atoms with E-state index in [1.54, 1.807) is 17.0 Å². The van der Waals surface area contributed by atoms with Crippen LogP contribution in [0.3, 0.4) is 0 Å². The number of carboxylic acid groups (broad SMARTS) is 1. The van der Waals surface area contributed by atoms with Crippen molar-refractivity contribution < 1.29 is 19.5 Å². The summed E-state index contributed by atoms with van der Waals surface area (Å²) in [6.45, 7) is 3.63. The summed E-state index contributed by atoms with van der Waals surface area (Å²) >= 11 is 0. The highest BCUT2D eigenvalue weighted by Gasteiger charge is 2.31. The minimum atomic E-state index is -1.05. The van der Waals surface area contributed by atoms with Crippen molar-refractivity contribution >= 4 is 23.5 Å². The third kappa shape index (κ3) is 7.07. The third-order valence-corrected chi connectivity index (χ3v) is 7.10. The Balaban J connectivity index is 1.40. The molecule has 1 saturated heterocycles. The van der Waals surface area contributed by atoms with Gasteiger partial charge in [-0.3, -0.25) is 14.4 Å². The van der Waals surface area contributed by atoms with Crippen molar-refractivity contribution in [2.75, 3.05) is 31.5 Å². The number of anilines is 1. The Labute approximate surface area is 212 Å². The van der Waals surface area contributed by atoms with Gasteiger partial charge in [-0.25, -0.2) is 0 Å². The molecule has 2 heterocycles. The van der Waals surface area contributed by atoms with E-state index in [9.17, 15) is 19.5 Å². The molecule has 2 amide bonds. The fourth-order valence-corrected chi connectivity index (χ4v) is 5.02. The van der Waals surface area contributed by atoms with Crippen molar-refractivity contribution in [1.29, 1.82) is 0 Å². The zero-order chi connectivity index (χ0) is 25.3. The van der Waals surface area contributed by atoms with Gasteiger partial charge in [0.15, 0.2) is 0 Å². The lowest BCUT2D eigenvalue weighted by molar-refractivity contribution is -0.141. The Bertz CT molecular complexity index is 1050. The molecule has 1 unspecified atom stereocenters. The molecule has 0 spiro atoms. The third-order valence-electron chi connectivity index (χ3n) is 7.10. The van der Waals surface area contributed by atoms with Crippen LogP contribution in [0, 0.1) is 5.92 Å². The quantitative estimate of drug-likeness (QED) is 0.380. The zero-order valence-corrected chi connectivity index (χ0v) is 20.7. The molecule has 1 fully saturated rings. The largest absolute Gasteiger partial charge is 0.481 e. The van der Waals surface area contributed by atoms with Crippen molar-refractivity contribution in [3.8, 4) is 0 Å². The Kier molecular flexibility index (Phi) is 8.95. The smallest absolute Gasteiger partial charge is 0.305 e. The van der Waals surface area contributed by atoms with E-state index in [2.05, 4.69) is 16.0 Å². The first-order valence-electron chi connectivity index (χ1n) is 12.9. The van der Waals surface area contributed by atoms with Gasteiger partial charge in [-0.1, -0.05) is 36.4 Å². The highest BCUT2D eigenvalue weighted by Crippen LogP contribution is 2.26. The minimum Gasteiger partial charge on any atom is -0.481 e. The lowest BCUT2D eigenvalue weighted by Crippen LogP contribution is -2.42. The number of nitrogens with zero attached hydrogens (tertiary/aromatic N) is 1. The Hall–Kier alpha value is -3.39. The zero-order valence-electron chi connectivity index (χ0n) is 20.7. The summed E-state index contributed by atoms with van der Waals surface area (Å²) in [6.07, 6.45) is 4.81. The Morgan fingerprint density at radius 3 is 2.61 bits per heavy atom. The second kappa shape index (κ2) is 12.5. The minimum absolute atomic E-state index is 0.156. The molecule has 0 aromatic heterocycles. The summed E-state index contributed by atoms with van der Waals surface area (Å²) in [5.74, 6) is -0.715. The van der Waals surface area contributed by atoms with Crippen LogP contribution in [0.5, 0.6) is 0 Å². The van der Waals surface area contributed by atoms with Crippen molar-refractivity contribution in [2.24, 2.45) is 5.92 Å². The van der Waals surface area contributed by atoms with Crippen molar-refractivity contribution in [2.45, 2.75) is 51.1 Å². The molecule has 2 aromatic rings. The maximum Gasteiger partial charge on any atom is 0.305 e. The highest BCUT2D eigenvalue weighted by atomic mass is 16.4. The maximum atomic E-state index is 13.2. The number of nitrogens with one attached hydrogen (secondary N) is 3. The van der Waals surface area contributed by atoms with E-state index in [1.807, 2.05) is 36.4 Å². The molecule has 2 aliphatic heterocycles. The predicted octanol–water partition coefficient (Wildman–Crippen LogP) is 3.04. The van der Waals surface area contributed by atoms with Crippen LogP contribution in [0.2, 0.25) is 0 Å². The molecule has 36 heavy (non-hydrogen) atoms. The van der Waals surface area contributed by atoms with Gasteiger partial charge < -0.3 is 26.0 Å². The highest BCUT2D eigenvalue weighted by molar-refractivity contribution is 5.96. The second-order valence-corrected chi connectivity index (χ2v) is 9.75. The Morgan fingerprint density at radius 1 is 1.08 bits per heavy atom. The molecule has 1 atom stereocenters. The number of hydrogen-bond donors (Lipinski definition) is 4. The number of amides is 2. The van der Waals surface area contributed by atoms with Crippen LogP contribution in [0.1, 0.15) is 53.6 Å². The molecule has 2 aromatic carbocycles. The number of piperidine rings is 1. The SMILES string of the molecule is O=C(O)CC1Nc2cc(C(=O)NCCCC3CCNCC3)ccc2CN(CCc2ccccc2)C1=O. The summed E-state index contributed by atoms with van der Waals surface area (Å²) in [4.78, 5) is 39.2. The summed E-state index contributed by atoms with van der Waals surface area (Å²) in [5.41, 5.74) is 3.12. The van der Waals surface area contributed by atoms with E-state index >= 15 is 0 Å². The van der Waals surface area contributed by atoms with E-state index in [4.69, 9.17) is 0 Å². The van der Waals surface area contributed by atoms with Crippen molar-refractivity contribution in [3.63, 3.8) is 0 Å². The van der Waals surface area contributed by atoms with Crippen LogP contribution in [0.25, 0.3) is 0 Å². The van der Waals surface area contributed by atoms with Crippen LogP contribution >= 0.6 is 0 Å². The number of fused-ring (bicyclic) bond motifs is 1. The summed E-state index contributed by atoms with van der Waals surface area (Å²) < 4.78 is 0. The van der Waals surface area contributed by atoms with Gasteiger partial charge in [-0.05, 0) is 74.4 Å². The number of aliphatic carboxylic acids is 1. The van der Waals surface area contributed by atoms with Crippen molar-refractivity contribution in [3.05, 3.63) is 65.2 Å². The van der Waals surface area contributed by atoms with Gasteiger partial charge in [0.2, 0.25) is 5.91 Å². The number of carbonyl (C=O) groups is 3. The summed E-state index contributed by atoms with van der Waals surface area (Å²) in [7, 11) is 0. The first-order chi connectivity index (χ1) is 17.5. The van der Waals surface area contributed by atoms with Crippen LogP contribution < -0.4 is 16.0 Å². The molecule has 2 aliphatic rings. The topological polar surface area (TPSA) is 111 Å². The summed E-state index contributed by atoms with van der Waals surface area (Å²) in [5, 5.41) is 18.9. The molecule has 4 N–H and O–H groups in total. The van der Waals surface area contributed by atoms with Gasteiger partial charge in [0.1, 0.15) is 6.04 Å². The van der Waals surface area contributed by atoms with Crippen molar-refractivity contribution in [1.82, 2.24) is 15.5 Å². The average molecular weight is 493 g/mol. The van der Waals surface area contributed by atoms with E-state index in [0.29, 0.717) is 37.3 Å². The molecule has 8 nitrogen and oxygen atoms in total. The van der Waals surface area contributed by atoms with Gasteiger partial charge in [-0.2, -0.15) is 0 Å². The van der Waals surface area contributed by atoms with Gasteiger partial charge in [-0.15, -0.1) is 0 Å². The molecule has 4 rings (SSSR count). The lowest BCUT2D eigenvalue weighted by Gasteiger charge is -2.24. The summed E-state index contributed by atoms with van der Waals surface area (Å²) in [6, 6.07) is 14.4. The van der Waals surface area contributed by atoms with E-state index in [1.165, 1.54) is 12.8 Å². The first kappa shape index (κ1) is 25.7. The molecule has 8 heteroatoms. The average Bonchev–Trinajstić information content (AvgIpc) is 3.02. The van der Waals surface area contributed by atoms with Crippen LogP contribution in [0.4, 0.5) is 5.69 Å². The fraction of sp³-hybridized carbons (Fsp3) is 0.464. The standard InChI is InChI=1S/C28H36N4O4/c33-26(34)18-25-28(36)32(16-12-20-5-2-1-3-6-20)19-23-9-8-22(17-24(23)31-25)27(35)30-13-4-7-21-10-14-29-15-11-21/h1-3,5-6,8-9,17,21,25,29,31H,4,7,10-16,18-19H2,(H,30,35)(H,33,34). The van der Waals surface area contributed by atoms with Crippen LogP contribution in [-0.4, -0.2) is 60.0 Å². The van der Waals surface area contributed by atoms with Crippen LogP contribution in [0.15, 0.2) is 48.5 Å². The van der Waals surface area contributed by atoms with Gasteiger partial charge in [0.05, 0.1) is 6.42 Å². The van der Waals surface area contributed by atoms with E-state index in [-0.39, 0.29) is 18.2 Å². The molecule has 0 radical (unpaired) electrons. The molecule has 0 aliphatic carbocycles. The van der Waals surface area contributed by atoms with Crippen LogP contribution in [-0.2, 0) is 22.6 Å². The molecule has 192 valence electrons. The normalized spacial score (nSPS) is 18.2.